The highest BCUT2D eigenvalue weighted by Crippen LogP contribution is 2.26. The highest BCUT2D eigenvalue weighted by Gasteiger charge is 2.19. The van der Waals surface area contributed by atoms with Gasteiger partial charge in [-0.2, -0.15) is 0 Å². The molecular formula is C26H28N4O2. The monoisotopic (exact) mass is 428 g/mol. The van der Waals surface area contributed by atoms with Gasteiger partial charge in [-0.25, -0.2) is 15.0 Å². The molecule has 3 aromatic heterocycles. The van der Waals surface area contributed by atoms with E-state index in [-0.39, 0.29) is 5.56 Å². The van der Waals surface area contributed by atoms with E-state index in [4.69, 9.17) is 4.42 Å². The second-order valence-corrected chi connectivity index (χ2v) is 9.29. The molecule has 0 saturated carbocycles. The maximum absolute atomic E-state index is 13.2. The number of hydrogen-bond acceptors (Lipinski definition) is 5. The molecule has 4 aromatic rings. The third-order valence-electron chi connectivity index (χ3n) is 6.46. The lowest BCUT2D eigenvalue weighted by Gasteiger charge is -2.20. The maximum atomic E-state index is 13.2. The van der Waals surface area contributed by atoms with Gasteiger partial charge in [0, 0.05) is 11.3 Å². The Morgan fingerprint density at radius 3 is 2.72 bits per heavy atom. The Morgan fingerprint density at radius 2 is 1.97 bits per heavy atom. The molecule has 6 nitrogen and oxygen atoms in total. The molecule has 0 fully saturated rings. The molecule has 0 N–H and O–H groups in total. The van der Waals surface area contributed by atoms with Crippen molar-refractivity contribution < 1.29 is 4.42 Å². The summed E-state index contributed by atoms with van der Waals surface area (Å²) >= 11 is 0. The van der Waals surface area contributed by atoms with Gasteiger partial charge in [0.15, 0.2) is 5.65 Å². The zero-order valence-corrected chi connectivity index (χ0v) is 19.1. The van der Waals surface area contributed by atoms with Gasteiger partial charge >= 0.3 is 0 Å². The summed E-state index contributed by atoms with van der Waals surface area (Å²) in [6.07, 6.45) is 4.63. The third-order valence-corrected chi connectivity index (χ3v) is 6.46. The van der Waals surface area contributed by atoms with Gasteiger partial charge in [0.05, 0.1) is 11.9 Å². The molecule has 0 saturated heterocycles. The van der Waals surface area contributed by atoms with Crippen LogP contribution in [0.5, 0.6) is 0 Å². The Kier molecular flexibility index (Phi) is 5.16. The molecule has 32 heavy (non-hydrogen) atoms. The van der Waals surface area contributed by atoms with Crippen molar-refractivity contribution in [3.05, 3.63) is 75.3 Å². The smallest absolute Gasteiger partial charge is 0.263 e. The number of hydrogen-bond donors (Lipinski definition) is 0. The first-order valence-electron chi connectivity index (χ1n) is 11.3. The van der Waals surface area contributed by atoms with E-state index in [1.54, 1.807) is 10.9 Å². The number of aryl methyl sites for hydroxylation is 2. The summed E-state index contributed by atoms with van der Waals surface area (Å²) in [5, 5.41) is 0.575. The predicted molar refractivity (Wildman–Crippen MR) is 125 cm³/mol. The molecule has 1 aromatic carbocycles. The molecule has 164 valence electrons. The Labute approximate surface area is 187 Å². The summed E-state index contributed by atoms with van der Waals surface area (Å²) in [4.78, 5) is 27.1. The molecule has 1 aliphatic carbocycles. The summed E-state index contributed by atoms with van der Waals surface area (Å²) in [5.41, 5.74) is 5.64. The zero-order chi connectivity index (χ0) is 22.4. The molecule has 0 unspecified atom stereocenters. The van der Waals surface area contributed by atoms with Crippen molar-refractivity contribution in [2.24, 2.45) is 5.92 Å². The summed E-state index contributed by atoms with van der Waals surface area (Å²) in [7, 11) is 0. The lowest BCUT2D eigenvalue weighted by Crippen LogP contribution is -2.23. The van der Waals surface area contributed by atoms with Crippen molar-refractivity contribution >= 4 is 11.0 Å². The number of benzene rings is 1. The first-order chi connectivity index (χ1) is 15.4. The average Bonchev–Trinajstić information content (AvgIpc) is 3.15. The van der Waals surface area contributed by atoms with Crippen LogP contribution in [0, 0.1) is 12.8 Å². The van der Waals surface area contributed by atoms with Crippen LogP contribution in [0.25, 0.3) is 22.5 Å². The number of oxazole rings is 1. The van der Waals surface area contributed by atoms with Gasteiger partial charge in [0.2, 0.25) is 5.89 Å². The highest BCUT2D eigenvalue weighted by molar-refractivity contribution is 5.74. The summed E-state index contributed by atoms with van der Waals surface area (Å²) in [5.74, 6) is 2.37. The van der Waals surface area contributed by atoms with E-state index < -0.39 is 0 Å². The minimum Gasteiger partial charge on any atom is -0.441 e. The van der Waals surface area contributed by atoms with E-state index in [2.05, 4.69) is 47.9 Å². The molecule has 3 heterocycles. The van der Waals surface area contributed by atoms with Crippen molar-refractivity contribution in [2.75, 3.05) is 0 Å². The lowest BCUT2D eigenvalue weighted by molar-refractivity contribution is 0.495. The van der Waals surface area contributed by atoms with E-state index in [0.29, 0.717) is 41.1 Å². The number of fused-ring (bicyclic) bond motifs is 2. The normalized spacial score (nSPS) is 16.0. The highest BCUT2D eigenvalue weighted by atomic mass is 16.4. The van der Waals surface area contributed by atoms with Gasteiger partial charge in [-0.15, -0.1) is 0 Å². The van der Waals surface area contributed by atoms with Crippen LogP contribution < -0.4 is 5.56 Å². The van der Waals surface area contributed by atoms with E-state index >= 15 is 0 Å². The Morgan fingerprint density at radius 1 is 1.19 bits per heavy atom. The maximum Gasteiger partial charge on any atom is 0.263 e. The third kappa shape index (κ3) is 3.74. The van der Waals surface area contributed by atoms with Gasteiger partial charge in [-0.1, -0.05) is 32.9 Å². The Balaban J connectivity index is 1.47. The number of aromatic nitrogens is 4. The molecule has 5 rings (SSSR count). The van der Waals surface area contributed by atoms with Crippen LogP contribution in [0.2, 0.25) is 0 Å². The quantitative estimate of drug-likeness (QED) is 0.455. The van der Waals surface area contributed by atoms with Crippen molar-refractivity contribution in [3.8, 4) is 11.5 Å². The zero-order valence-electron chi connectivity index (χ0n) is 19.1. The van der Waals surface area contributed by atoms with Crippen LogP contribution in [-0.4, -0.2) is 19.5 Å². The topological polar surface area (TPSA) is 73.8 Å². The summed E-state index contributed by atoms with van der Waals surface area (Å²) in [6, 6.07) is 10.3. The predicted octanol–water partition coefficient (Wildman–Crippen LogP) is 5.05. The van der Waals surface area contributed by atoms with Crippen molar-refractivity contribution in [3.63, 3.8) is 0 Å². The molecule has 0 radical (unpaired) electrons. The van der Waals surface area contributed by atoms with Crippen LogP contribution in [-0.2, 0) is 19.4 Å². The number of rotatable bonds is 4. The molecule has 1 atom stereocenters. The van der Waals surface area contributed by atoms with Gasteiger partial charge < -0.3 is 4.42 Å². The first-order valence-corrected chi connectivity index (χ1v) is 11.3. The summed E-state index contributed by atoms with van der Waals surface area (Å²) in [6.45, 7) is 8.78. The second kappa shape index (κ2) is 8.01. The van der Waals surface area contributed by atoms with Crippen LogP contribution >= 0.6 is 0 Å². The fourth-order valence-corrected chi connectivity index (χ4v) is 4.41. The number of nitrogens with zero attached hydrogens (tertiary/aromatic N) is 4. The van der Waals surface area contributed by atoms with Gasteiger partial charge in [0.25, 0.3) is 5.56 Å². The van der Waals surface area contributed by atoms with E-state index in [0.717, 1.165) is 36.2 Å². The molecule has 0 aliphatic heterocycles. The van der Waals surface area contributed by atoms with Gasteiger partial charge in [-0.05, 0) is 67.3 Å². The standard InChI is InChI=1S/C26H28N4O2/c1-15(2)18-6-8-19(9-7-18)25-29-23(17(4)32-25)13-30-14-27-24-21(26(30)31)12-20-11-16(3)5-10-22(20)28-24/h6-9,12,14-16H,5,10-11,13H2,1-4H3/t16-/m1/s1. The molecule has 6 heteroatoms. The minimum atomic E-state index is -0.0891. The van der Waals surface area contributed by atoms with E-state index in [1.165, 1.54) is 11.1 Å². The Bertz CT molecular complexity index is 1350. The molecule has 0 bridgehead atoms. The average molecular weight is 429 g/mol. The molecular weight excluding hydrogens is 400 g/mol. The van der Waals surface area contributed by atoms with Crippen LogP contribution in [0.1, 0.15) is 61.4 Å². The Hall–Kier alpha value is -3.28. The fourth-order valence-electron chi connectivity index (χ4n) is 4.41. The van der Waals surface area contributed by atoms with E-state index in [1.807, 2.05) is 25.1 Å². The minimum absolute atomic E-state index is 0.0891. The van der Waals surface area contributed by atoms with E-state index in [9.17, 15) is 4.79 Å². The summed E-state index contributed by atoms with van der Waals surface area (Å²) < 4.78 is 7.52. The van der Waals surface area contributed by atoms with Crippen LogP contribution in [0.4, 0.5) is 0 Å². The largest absolute Gasteiger partial charge is 0.441 e. The fraction of sp³-hybridized carbons (Fsp3) is 0.385. The second-order valence-electron chi connectivity index (χ2n) is 9.29. The van der Waals surface area contributed by atoms with Crippen LogP contribution in [0.3, 0.4) is 0 Å². The lowest BCUT2D eigenvalue weighted by atomic mass is 9.87. The molecule has 0 spiro atoms. The van der Waals surface area contributed by atoms with Crippen molar-refractivity contribution in [1.82, 2.24) is 19.5 Å². The molecule has 1 aliphatic rings. The van der Waals surface area contributed by atoms with Gasteiger partial charge in [-0.3, -0.25) is 9.36 Å². The van der Waals surface area contributed by atoms with Crippen molar-refractivity contribution in [1.29, 1.82) is 0 Å². The molecule has 0 amide bonds. The van der Waals surface area contributed by atoms with Gasteiger partial charge in [0.1, 0.15) is 17.8 Å². The van der Waals surface area contributed by atoms with Crippen LogP contribution in [0.15, 0.2) is 45.9 Å². The number of pyridine rings is 1. The first kappa shape index (κ1) is 20.6. The van der Waals surface area contributed by atoms with Crippen molar-refractivity contribution in [2.45, 2.75) is 59.4 Å². The SMILES string of the molecule is Cc1oc(-c2ccc(C(C)C)cc2)nc1Cn1cnc2nc3c(cc2c1=O)C[C@H](C)CC3.